The van der Waals surface area contributed by atoms with E-state index in [4.69, 9.17) is 26.3 Å². The lowest BCUT2D eigenvalue weighted by atomic mass is 10.1. The van der Waals surface area contributed by atoms with E-state index in [0.29, 0.717) is 41.0 Å². The van der Waals surface area contributed by atoms with Crippen LogP contribution in [-0.2, 0) is 11.2 Å². The number of rotatable bonds is 3. The van der Waals surface area contributed by atoms with E-state index in [-0.39, 0.29) is 12.3 Å². The van der Waals surface area contributed by atoms with E-state index in [9.17, 15) is 4.79 Å². The second kappa shape index (κ2) is 6.81. The molecule has 0 aliphatic carbocycles. The maximum Gasteiger partial charge on any atom is 0.231 e. The summed E-state index contributed by atoms with van der Waals surface area (Å²) >= 11 is 6.20. The van der Waals surface area contributed by atoms with Crippen LogP contribution in [0.1, 0.15) is 11.1 Å². The van der Waals surface area contributed by atoms with Gasteiger partial charge in [-0.1, -0.05) is 17.7 Å². The first-order valence-electron chi connectivity index (χ1n) is 7.43. The van der Waals surface area contributed by atoms with Crippen LogP contribution in [0.4, 0.5) is 5.69 Å². The Morgan fingerprint density at radius 3 is 2.88 bits per heavy atom. The Labute approximate surface area is 145 Å². The lowest BCUT2D eigenvalue weighted by Gasteiger charge is -2.21. The summed E-state index contributed by atoms with van der Waals surface area (Å²) in [5.41, 5.74) is 1.93. The van der Waals surface area contributed by atoms with Crippen molar-refractivity contribution in [3.8, 4) is 17.6 Å². The fourth-order valence-corrected chi connectivity index (χ4v) is 2.78. The number of likely N-dealkylation sites (N-methyl/N-ethyl adjacent to an activating group) is 1. The van der Waals surface area contributed by atoms with Crippen LogP contribution >= 0.6 is 11.6 Å². The van der Waals surface area contributed by atoms with Crippen LogP contribution in [0, 0.1) is 11.3 Å². The molecule has 1 aliphatic rings. The van der Waals surface area contributed by atoms with Gasteiger partial charge in [-0.25, -0.2) is 0 Å². The quantitative estimate of drug-likeness (QED) is 0.859. The van der Waals surface area contributed by atoms with Crippen LogP contribution in [0.15, 0.2) is 36.4 Å². The highest BCUT2D eigenvalue weighted by Gasteiger charge is 2.19. The lowest BCUT2D eigenvalue weighted by molar-refractivity contribution is -0.117. The number of hydrogen-bond donors (Lipinski definition) is 0. The van der Waals surface area contributed by atoms with Crippen LogP contribution in [0.3, 0.4) is 0 Å². The molecule has 0 aromatic heterocycles. The summed E-state index contributed by atoms with van der Waals surface area (Å²) in [6.45, 7) is 0.921. The molecule has 0 saturated carbocycles. The van der Waals surface area contributed by atoms with Gasteiger partial charge in [-0.15, -0.1) is 0 Å². The molecule has 5 nitrogen and oxygen atoms in total. The van der Waals surface area contributed by atoms with E-state index in [1.165, 1.54) is 4.90 Å². The predicted molar refractivity (Wildman–Crippen MR) is 90.7 cm³/mol. The number of carbonyl (C=O) groups excluding carboxylic acids is 1. The zero-order valence-electron chi connectivity index (χ0n) is 13.1. The van der Waals surface area contributed by atoms with Crippen molar-refractivity contribution in [1.29, 1.82) is 5.26 Å². The number of nitrogens with zero attached hydrogens (tertiary/aromatic N) is 2. The van der Waals surface area contributed by atoms with E-state index in [1.54, 1.807) is 43.4 Å². The van der Waals surface area contributed by atoms with Crippen LogP contribution in [0.25, 0.3) is 0 Å². The van der Waals surface area contributed by atoms with Crippen molar-refractivity contribution >= 4 is 23.2 Å². The SMILES string of the molecule is CN(C(=O)Cc1cc(Cl)c2c(c1)OCCO2)c1cccc(C#N)c1. The molecule has 1 aliphatic heterocycles. The van der Waals surface area contributed by atoms with Crippen molar-refractivity contribution in [2.45, 2.75) is 6.42 Å². The molecule has 1 amide bonds. The number of ether oxygens (including phenoxy) is 2. The summed E-state index contributed by atoms with van der Waals surface area (Å²) in [5.74, 6) is 0.970. The highest BCUT2D eigenvalue weighted by Crippen LogP contribution is 2.38. The highest BCUT2D eigenvalue weighted by atomic mass is 35.5. The molecule has 0 radical (unpaired) electrons. The molecule has 0 N–H and O–H groups in total. The Balaban J connectivity index is 1.79. The number of anilines is 1. The number of fused-ring (bicyclic) bond motifs is 1. The normalized spacial score (nSPS) is 12.4. The molecule has 24 heavy (non-hydrogen) atoms. The standard InChI is InChI=1S/C18H15ClN2O3/c1-21(14-4-2-3-12(7-14)11-20)17(22)10-13-8-15(19)18-16(9-13)23-5-6-24-18/h2-4,7-9H,5-6,10H2,1H3. The first kappa shape index (κ1) is 16.2. The van der Waals surface area contributed by atoms with Gasteiger partial charge in [0.15, 0.2) is 11.5 Å². The Morgan fingerprint density at radius 1 is 1.29 bits per heavy atom. The zero-order valence-corrected chi connectivity index (χ0v) is 13.8. The molecule has 2 aromatic carbocycles. The predicted octanol–water partition coefficient (Wildman–Crippen LogP) is 3.19. The number of carbonyl (C=O) groups is 1. The Hall–Kier alpha value is -2.71. The molecular formula is C18H15ClN2O3. The van der Waals surface area contributed by atoms with Gasteiger partial charge in [0.1, 0.15) is 13.2 Å². The van der Waals surface area contributed by atoms with Crippen molar-refractivity contribution in [2.24, 2.45) is 0 Å². The molecule has 1 heterocycles. The third-order valence-electron chi connectivity index (χ3n) is 3.75. The Morgan fingerprint density at radius 2 is 2.08 bits per heavy atom. The minimum Gasteiger partial charge on any atom is -0.486 e. The van der Waals surface area contributed by atoms with Crippen LogP contribution in [0.2, 0.25) is 5.02 Å². The molecule has 0 saturated heterocycles. The van der Waals surface area contributed by atoms with E-state index in [1.807, 2.05) is 0 Å². The van der Waals surface area contributed by atoms with Gasteiger partial charge in [0.2, 0.25) is 5.91 Å². The van der Waals surface area contributed by atoms with E-state index in [0.717, 1.165) is 5.56 Å². The summed E-state index contributed by atoms with van der Waals surface area (Å²) in [4.78, 5) is 14.0. The molecule has 0 fully saturated rings. The summed E-state index contributed by atoms with van der Waals surface area (Å²) in [7, 11) is 1.68. The fourth-order valence-electron chi connectivity index (χ4n) is 2.49. The fraction of sp³-hybridized carbons (Fsp3) is 0.222. The van der Waals surface area contributed by atoms with Crippen molar-refractivity contribution in [1.82, 2.24) is 0 Å². The molecule has 6 heteroatoms. The van der Waals surface area contributed by atoms with Crippen LogP contribution in [0.5, 0.6) is 11.5 Å². The number of amides is 1. The first-order chi connectivity index (χ1) is 11.6. The highest BCUT2D eigenvalue weighted by molar-refractivity contribution is 6.32. The average molecular weight is 343 g/mol. The number of benzene rings is 2. The summed E-state index contributed by atoms with van der Waals surface area (Å²) < 4.78 is 11.0. The topological polar surface area (TPSA) is 62.6 Å². The lowest BCUT2D eigenvalue weighted by Crippen LogP contribution is -2.28. The van der Waals surface area contributed by atoms with Crippen LogP contribution < -0.4 is 14.4 Å². The smallest absolute Gasteiger partial charge is 0.231 e. The van der Waals surface area contributed by atoms with Crippen LogP contribution in [-0.4, -0.2) is 26.2 Å². The maximum atomic E-state index is 12.5. The Kier molecular flexibility index (Phi) is 4.59. The molecule has 0 unspecified atom stereocenters. The largest absolute Gasteiger partial charge is 0.486 e. The maximum absolute atomic E-state index is 12.5. The molecule has 0 spiro atoms. The molecule has 0 atom stereocenters. The molecule has 2 aromatic rings. The molecule has 122 valence electrons. The third kappa shape index (κ3) is 3.29. The number of halogens is 1. The first-order valence-corrected chi connectivity index (χ1v) is 7.81. The van der Waals surface area contributed by atoms with Crippen molar-refractivity contribution in [2.75, 3.05) is 25.2 Å². The minimum absolute atomic E-state index is 0.113. The summed E-state index contributed by atoms with van der Waals surface area (Å²) in [5, 5.41) is 9.40. The van der Waals surface area contributed by atoms with Gasteiger partial charge in [0, 0.05) is 12.7 Å². The third-order valence-corrected chi connectivity index (χ3v) is 4.03. The monoisotopic (exact) mass is 342 g/mol. The van der Waals surface area contributed by atoms with Gasteiger partial charge >= 0.3 is 0 Å². The summed E-state index contributed by atoms with van der Waals surface area (Å²) in [6.07, 6.45) is 0.170. The van der Waals surface area contributed by atoms with E-state index >= 15 is 0 Å². The van der Waals surface area contributed by atoms with E-state index < -0.39 is 0 Å². The molecule has 0 bridgehead atoms. The van der Waals surface area contributed by atoms with Crippen molar-refractivity contribution in [3.05, 3.63) is 52.5 Å². The van der Waals surface area contributed by atoms with Crippen molar-refractivity contribution < 1.29 is 14.3 Å². The summed E-state index contributed by atoms with van der Waals surface area (Å²) in [6, 6.07) is 12.5. The van der Waals surface area contributed by atoms with Gasteiger partial charge in [0.05, 0.1) is 23.1 Å². The zero-order chi connectivity index (χ0) is 17.1. The second-order valence-corrected chi connectivity index (χ2v) is 5.80. The molecule has 3 rings (SSSR count). The van der Waals surface area contributed by atoms with Crippen molar-refractivity contribution in [3.63, 3.8) is 0 Å². The second-order valence-electron chi connectivity index (χ2n) is 5.39. The van der Waals surface area contributed by atoms with Gasteiger partial charge in [0.25, 0.3) is 0 Å². The number of nitriles is 1. The minimum atomic E-state index is -0.113. The van der Waals surface area contributed by atoms with E-state index in [2.05, 4.69) is 6.07 Å². The van der Waals surface area contributed by atoms with Gasteiger partial charge in [-0.05, 0) is 35.9 Å². The van der Waals surface area contributed by atoms with Gasteiger partial charge in [-0.3, -0.25) is 4.79 Å². The molecular weight excluding hydrogens is 328 g/mol. The number of hydrogen-bond acceptors (Lipinski definition) is 4. The Bertz CT molecular complexity index is 829. The van der Waals surface area contributed by atoms with Gasteiger partial charge in [-0.2, -0.15) is 5.26 Å². The average Bonchev–Trinajstić information content (AvgIpc) is 2.61. The van der Waals surface area contributed by atoms with Gasteiger partial charge < -0.3 is 14.4 Å².